The molecular weight excluding hydrogens is 324 g/mol. The van der Waals surface area contributed by atoms with Gasteiger partial charge in [0.15, 0.2) is 0 Å². The first-order valence-corrected chi connectivity index (χ1v) is 9.50. The van der Waals surface area contributed by atoms with Crippen molar-refractivity contribution in [3.05, 3.63) is 108 Å². The van der Waals surface area contributed by atoms with Crippen LogP contribution in [0.2, 0.25) is 0 Å². The molecule has 0 atom stereocenters. The minimum atomic E-state index is 1.03. The molecule has 0 fully saturated rings. The summed E-state index contributed by atoms with van der Waals surface area (Å²) in [5.41, 5.74) is 8.27. The van der Waals surface area contributed by atoms with E-state index in [1.807, 2.05) is 0 Å². The van der Waals surface area contributed by atoms with E-state index in [1.165, 1.54) is 54.9 Å². The topological polar surface area (TPSA) is 0 Å². The van der Waals surface area contributed by atoms with Gasteiger partial charge in [0.2, 0.25) is 0 Å². The third-order valence-corrected chi connectivity index (χ3v) is 5.89. The molecule has 0 radical (unpaired) electrons. The maximum atomic E-state index is 2.38. The van der Waals surface area contributed by atoms with Gasteiger partial charge >= 0.3 is 0 Å². The second-order valence-corrected chi connectivity index (χ2v) is 7.42. The van der Waals surface area contributed by atoms with Crippen LogP contribution in [0.4, 0.5) is 0 Å². The molecule has 5 aromatic rings. The minimum Gasteiger partial charge on any atom is -0.0616 e. The summed E-state index contributed by atoms with van der Waals surface area (Å²) in [7, 11) is 0. The van der Waals surface area contributed by atoms with Crippen molar-refractivity contribution < 1.29 is 0 Å². The first-order valence-electron chi connectivity index (χ1n) is 9.50. The summed E-state index contributed by atoms with van der Waals surface area (Å²) in [6.45, 7) is 0. The van der Waals surface area contributed by atoms with Gasteiger partial charge in [0.25, 0.3) is 0 Å². The SMILES string of the molecule is c1ccc2cc(-c3ccc4c(c3)-c3ccc5ccccc5c3C4)ccc2c1. The Morgan fingerprint density at radius 3 is 2.11 bits per heavy atom. The standard InChI is InChI=1S/C27H18/c1-2-7-20-15-21(10-9-18(20)5-1)22-11-12-23-17-27-24-8-4-3-6-19(24)13-14-25(27)26(23)16-22/h1-16H,17H2. The van der Waals surface area contributed by atoms with Crippen LogP contribution in [0, 0.1) is 0 Å². The molecule has 0 amide bonds. The van der Waals surface area contributed by atoms with Crippen LogP contribution in [-0.2, 0) is 6.42 Å². The summed E-state index contributed by atoms with van der Waals surface area (Å²) in [6, 6.07) is 35.6. The van der Waals surface area contributed by atoms with Crippen LogP contribution in [-0.4, -0.2) is 0 Å². The van der Waals surface area contributed by atoms with Crippen molar-refractivity contribution in [2.45, 2.75) is 6.42 Å². The van der Waals surface area contributed by atoms with Crippen LogP contribution in [0.15, 0.2) is 97.1 Å². The van der Waals surface area contributed by atoms with E-state index in [9.17, 15) is 0 Å². The van der Waals surface area contributed by atoms with Crippen LogP contribution < -0.4 is 0 Å². The van der Waals surface area contributed by atoms with Crippen molar-refractivity contribution in [2.24, 2.45) is 0 Å². The van der Waals surface area contributed by atoms with Gasteiger partial charge in [-0.3, -0.25) is 0 Å². The zero-order chi connectivity index (χ0) is 17.8. The van der Waals surface area contributed by atoms with E-state index in [2.05, 4.69) is 97.1 Å². The van der Waals surface area contributed by atoms with Crippen molar-refractivity contribution >= 4 is 21.5 Å². The molecule has 27 heavy (non-hydrogen) atoms. The molecule has 0 nitrogen and oxygen atoms in total. The first kappa shape index (κ1) is 14.8. The van der Waals surface area contributed by atoms with Crippen LogP contribution in [0.1, 0.15) is 11.1 Å². The average Bonchev–Trinajstić information content (AvgIpc) is 3.12. The Kier molecular flexibility index (Phi) is 3.04. The van der Waals surface area contributed by atoms with Gasteiger partial charge in [-0.1, -0.05) is 84.9 Å². The molecule has 1 aliphatic rings. The lowest BCUT2D eigenvalue weighted by Gasteiger charge is -2.08. The monoisotopic (exact) mass is 342 g/mol. The Labute approximate surface area is 158 Å². The van der Waals surface area contributed by atoms with E-state index in [0.717, 1.165) is 6.42 Å². The van der Waals surface area contributed by atoms with E-state index in [-0.39, 0.29) is 0 Å². The summed E-state index contributed by atoms with van der Waals surface area (Å²) in [5.74, 6) is 0. The third-order valence-electron chi connectivity index (χ3n) is 5.89. The lowest BCUT2D eigenvalue weighted by Crippen LogP contribution is -1.83. The molecule has 0 heteroatoms. The second kappa shape index (κ2) is 5.56. The number of hydrogen-bond donors (Lipinski definition) is 0. The molecule has 0 bridgehead atoms. The lowest BCUT2D eigenvalue weighted by molar-refractivity contribution is 1.28. The Hall–Kier alpha value is -3.38. The fraction of sp³-hybridized carbons (Fsp3) is 0.0370. The highest BCUT2D eigenvalue weighted by Crippen LogP contribution is 2.42. The molecule has 126 valence electrons. The van der Waals surface area contributed by atoms with Crippen LogP contribution in [0.3, 0.4) is 0 Å². The highest BCUT2D eigenvalue weighted by Gasteiger charge is 2.20. The van der Waals surface area contributed by atoms with Gasteiger partial charge in [-0.25, -0.2) is 0 Å². The Balaban J connectivity index is 1.53. The zero-order valence-corrected chi connectivity index (χ0v) is 14.9. The maximum absolute atomic E-state index is 2.38. The highest BCUT2D eigenvalue weighted by molar-refractivity contribution is 5.96. The largest absolute Gasteiger partial charge is 0.0616 e. The maximum Gasteiger partial charge on any atom is -0.000728 e. The van der Waals surface area contributed by atoms with E-state index < -0.39 is 0 Å². The Morgan fingerprint density at radius 2 is 1.19 bits per heavy atom. The van der Waals surface area contributed by atoms with E-state index >= 15 is 0 Å². The number of benzene rings is 5. The summed E-state index contributed by atoms with van der Waals surface area (Å²) in [6.07, 6.45) is 1.03. The molecule has 0 unspecified atom stereocenters. The van der Waals surface area contributed by atoms with Gasteiger partial charge in [-0.05, 0) is 73.5 Å². The number of fused-ring (bicyclic) bond motifs is 6. The van der Waals surface area contributed by atoms with Crippen LogP contribution >= 0.6 is 0 Å². The lowest BCUT2D eigenvalue weighted by atomic mass is 9.96. The van der Waals surface area contributed by atoms with Gasteiger partial charge in [0.05, 0.1) is 0 Å². The highest BCUT2D eigenvalue weighted by atomic mass is 14.2. The summed E-state index contributed by atoms with van der Waals surface area (Å²) in [5, 5.41) is 5.30. The van der Waals surface area contributed by atoms with E-state index in [0.29, 0.717) is 0 Å². The van der Waals surface area contributed by atoms with Gasteiger partial charge < -0.3 is 0 Å². The van der Waals surface area contributed by atoms with Crippen LogP contribution in [0.5, 0.6) is 0 Å². The van der Waals surface area contributed by atoms with E-state index in [4.69, 9.17) is 0 Å². The third kappa shape index (κ3) is 2.23. The molecule has 0 saturated carbocycles. The smallest absolute Gasteiger partial charge is 0.000728 e. The fourth-order valence-electron chi connectivity index (χ4n) is 4.50. The normalized spacial score (nSPS) is 12.3. The quantitative estimate of drug-likeness (QED) is 0.296. The van der Waals surface area contributed by atoms with Crippen molar-refractivity contribution in [1.29, 1.82) is 0 Å². The molecule has 6 rings (SSSR count). The molecule has 0 aromatic heterocycles. The van der Waals surface area contributed by atoms with Crippen LogP contribution in [0.25, 0.3) is 43.8 Å². The van der Waals surface area contributed by atoms with Crippen molar-refractivity contribution in [1.82, 2.24) is 0 Å². The summed E-state index contributed by atoms with van der Waals surface area (Å²) >= 11 is 0. The molecule has 1 aliphatic carbocycles. The molecule has 0 spiro atoms. The molecule has 0 N–H and O–H groups in total. The predicted molar refractivity (Wildman–Crippen MR) is 115 cm³/mol. The van der Waals surface area contributed by atoms with Gasteiger partial charge in [-0.15, -0.1) is 0 Å². The molecular formula is C27H18. The predicted octanol–water partition coefficient (Wildman–Crippen LogP) is 7.23. The second-order valence-electron chi connectivity index (χ2n) is 7.42. The molecule has 5 aromatic carbocycles. The Bertz CT molecular complexity index is 1340. The average molecular weight is 342 g/mol. The first-order chi connectivity index (χ1) is 13.4. The van der Waals surface area contributed by atoms with E-state index in [1.54, 1.807) is 0 Å². The molecule has 0 saturated heterocycles. The van der Waals surface area contributed by atoms with Gasteiger partial charge in [0.1, 0.15) is 0 Å². The number of hydrogen-bond acceptors (Lipinski definition) is 0. The summed E-state index contributed by atoms with van der Waals surface area (Å²) in [4.78, 5) is 0. The summed E-state index contributed by atoms with van der Waals surface area (Å²) < 4.78 is 0. The van der Waals surface area contributed by atoms with Crippen molar-refractivity contribution in [3.63, 3.8) is 0 Å². The minimum absolute atomic E-state index is 1.03. The number of rotatable bonds is 1. The zero-order valence-electron chi connectivity index (χ0n) is 14.9. The molecule has 0 heterocycles. The van der Waals surface area contributed by atoms with Crippen molar-refractivity contribution in [2.75, 3.05) is 0 Å². The molecule has 0 aliphatic heterocycles. The Morgan fingerprint density at radius 1 is 0.481 bits per heavy atom. The fourth-order valence-corrected chi connectivity index (χ4v) is 4.50. The van der Waals surface area contributed by atoms with Gasteiger partial charge in [-0.2, -0.15) is 0 Å². The van der Waals surface area contributed by atoms with Gasteiger partial charge in [0, 0.05) is 0 Å². The van der Waals surface area contributed by atoms with Crippen molar-refractivity contribution in [3.8, 4) is 22.3 Å².